The van der Waals surface area contributed by atoms with E-state index in [9.17, 15) is 0 Å². The van der Waals surface area contributed by atoms with Crippen molar-refractivity contribution in [2.75, 3.05) is 45.0 Å². The Labute approximate surface area is 116 Å². The molecule has 2 aliphatic heterocycles. The predicted octanol–water partition coefficient (Wildman–Crippen LogP) is 1.63. The zero-order valence-corrected chi connectivity index (χ0v) is 12.8. The molecule has 0 aromatic rings. The van der Waals surface area contributed by atoms with Gasteiger partial charge >= 0.3 is 0 Å². The first kappa shape index (κ1) is 14.6. The van der Waals surface area contributed by atoms with Gasteiger partial charge in [0.25, 0.3) is 0 Å². The molecule has 3 nitrogen and oxygen atoms in total. The number of likely N-dealkylation sites (tertiary alicyclic amines) is 1. The molecule has 18 heavy (non-hydrogen) atoms. The molecule has 2 aliphatic rings. The highest BCUT2D eigenvalue weighted by atomic mass is 32.2. The molecular formula is C14H29N3S. The molecule has 106 valence electrons. The minimum absolute atomic E-state index is 0.291. The van der Waals surface area contributed by atoms with Crippen LogP contribution in [0.15, 0.2) is 0 Å². The second-order valence-corrected chi connectivity index (χ2v) is 7.39. The van der Waals surface area contributed by atoms with E-state index in [1.54, 1.807) is 0 Å². The molecule has 0 bridgehead atoms. The van der Waals surface area contributed by atoms with Crippen LogP contribution in [0.4, 0.5) is 0 Å². The summed E-state index contributed by atoms with van der Waals surface area (Å²) in [4.78, 5) is 5.30. The molecule has 2 N–H and O–H groups in total. The second-order valence-electron chi connectivity index (χ2n) is 5.84. The van der Waals surface area contributed by atoms with E-state index in [2.05, 4.69) is 35.4 Å². The average Bonchev–Trinajstić information content (AvgIpc) is 2.61. The van der Waals surface area contributed by atoms with Crippen LogP contribution in [-0.4, -0.2) is 65.6 Å². The molecule has 0 spiro atoms. The van der Waals surface area contributed by atoms with Crippen molar-refractivity contribution in [3.8, 4) is 0 Å². The van der Waals surface area contributed by atoms with E-state index < -0.39 is 0 Å². The number of nitrogens with two attached hydrogens (primary N) is 1. The van der Waals surface area contributed by atoms with Crippen LogP contribution in [0.3, 0.4) is 0 Å². The summed E-state index contributed by atoms with van der Waals surface area (Å²) in [5.41, 5.74) is 6.49. The van der Waals surface area contributed by atoms with Crippen LogP contribution in [0.2, 0.25) is 0 Å². The van der Waals surface area contributed by atoms with Crippen LogP contribution in [0.1, 0.15) is 33.1 Å². The highest BCUT2D eigenvalue weighted by Gasteiger charge is 2.38. The van der Waals surface area contributed by atoms with E-state index in [4.69, 9.17) is 5.73 Å². The van der Waals surface area contributed by atoms with Crippen molar-refractivity contribution >= 4 is 11.8 Å². The molecule has 0 aromatic carbocycles. The normalized spacial score (nSPS) is 36.5. The van der Waals surface area contributed by atoms with Gasteiger partial charge in [-0.15, -0.1) is 0 Å². The number of nitrogens with zero attached hydrogens (tertiary/aromatic N) is 2. The number of hydrogen-bond donors (Lipinski definition) is 1. The summed E-state index contributed by atoms with van der Waals surface area (Å²) in [6, 6.07) is 0. The zero-order chi connectivity index (χ0) is 13.0. The molecule has 2 unspecified atom stereocenters. The smallest absolute Gasteiger partial charge is 0.0345 e. The summed E-state index contributed by atoms with van der Waals surface area (Å²) in [6.07, 6.45) is 3.86. The molecule has 2 atom stereocenters. The zero-order valence-electron chi connectivity index (χ0n) is 12.0. The monoisotopic (exact) mass is 271 g/mol. The second kappa shape index (κ2) is 6.60. The van der Waals surface area contributed by atoms with E-state index in [1.807, 2.05) is 0 Å². The molecule has 4 heteroatoms. The Hall–Kier alpha value is 0.230. The predicted molar refractivity (Wildman–Crippen MR) is 81.2 cm³/mol. The Morgan fingerprint density at radius 3 is 2.78 bits per heavy atom. The van der Waals surface area contributed by atoms with Crippen molar-refractivity contribution in [2.24, 2.45) is 5.73 Å². The maximum Gasteiger partial charge on any atom is 0.0345 e. The van der Waals surface area contributed by atoms with Crippen LogP contribution in [0, 0.1) is 0 Å². The van der Waals surface area contributed by atoms with Gasteiger partial charge in [-0.1, -0.05) is 13.8 Å². The standard InChI is InChI=1S/C14H29N3S/c1-3-16-7-4-5-14(12-15,6-8-16)17-9-10-18-13(2)11-17/h13H,3-12,15H2,1-2H3. The number of rotatable bonds is 3. The molecule has 2 rings (SSSR count). The van der Waals surface area contributed by atoms with Crippen LogP contribution >= 0.6 is 11.8 Å². The van der Waals surface area contributed by atoms with Crippen molar-refractivity contribution in [1.82, 2.24) is 9.80 Å². The molecule has 0 amide bonds. The fraction of sp³-hybridized carbons (Fsp3) is 1.00. The van der Waals surface area contributed by atoms with Crippen molar-refractivity contribution in [2.45, 2.75) is 43.9 Å². The van der Waals surface area contributed by atoms with E-state index in [0.717, 1.165) is 11.8 Å². The highest BCUT2D eigenvalue weighted by Crippen LogP contribution is 2.32. The number of thioether (sulfide) groups is 1. The third-order valence-corrected chi connectivity index (χ3v) is 5.89. The van der Waals surface area contributed by atoms with Gasteiger partial charge in [0.2, 0.25) is 0 Å². The summed E-state index contributed by atoms with van der Waals surface area (Å²) >= 11 is 2.11. The van der Waals surface area contributed by atoms with Crippen LogP contribution in [0.5, 0.6) is 0 Å². The lowest BCUT2D eigenvalue weighted by Crippen LogP contribution is -2.58. The van der Waals surface area contributed by atoms with E-state index in [1.165, 1.54) is 57.7 Å². The Morgan fingerprint density at radius 1 is 1.28 bits per heavy atom. The largest absolute Gasteiger partial charge is 0.329 e. The van der Waals surface area contributed by atoms with Crippen molar-refractivity contribution in [1.29, 1.82) is 0 Å². The molecule has 2 heterocycles. The molecule has 0 saturated carbocycles. The molecule has 0 aliphatic carbocycles. The first-order valence-electron chi connectivity index (χ1n) is 7.49. The SMILES string of the molecule is CCN1CCCC(CN)(N2CCSC(C)C2)CC1. The van der Waals surface area contributed by atoms with Crippen molar-refractivity contribution in [3.05, 3.63) is 0 Å². The lowest BCUT2D eigenvalue weighted by Gasteiger charge is -2.46. The highest BCUT2D eigenvalue weighted by molar-refractivity contribution is 7.99. The van der Waals surface area contributed by atoms with Gasteiger partial charge in [-0.3, -0.25) is 4.90 Å². The Bertz CT molecular complexity index is 261. The molecule has 2 fully saturated rings. The molecule has 2 saturated heterocycles. The van der Waals surface area contributed by atoms with Crippen LogP contribution < -0.4 is 5.73 Å². The molecular weight excluding hydrogens is 242 g/mol. The first-order valence-corrected chi connectivity index (χ1v) is 8.54. The van der Waals surface area contributed by atoms with Gasteiger partial charge in [0.1, 0.15) is 0 Å². The maximum absolute atomic E-state index is 6.20. The van der Waals surface area contributed by atoms with Gasteiger partial charge in [0, 0.05) is 36.2 Å². The van der Waals surface area contributed by atoms with Crippen molar-refractivity contribution in [3.63, 3.8) is 0 Å². The summed E-state index contributed by atoms with van der Waals surface area (Å²) < 4.78 is 0. The quantitative estimate of drug-likeness (QED) is 0.845. The van der Waals surface area contributed by atoms with Gasteiger partial charge in [-0.25, -0.2) is 0 Å². The van der Waals surface area contributed by atoms with E-state index in [0.29, 0.717) is 5.54 Å². The summed E-state index contributed by atoms with van der Waals surface area (Å²) in [5.74, 6) is 1.28. The molecule has 0 radical (unpaired) electrons. The fourth-order valence-corrected chi connectivity index (χ4v) is 4.46. The van der Waals surface area contributed by atoms with Crippen molar-refractivity contribution < 1.29 is 0 Å². The third kappa shape index (κ3) is 3.21. The lowest BCUT2D eigenvalue weighted by atomic mass is 9.88. The fourth-order valence-electron chi connectivity index (χ4n) is 3.45. The van der Waals surface area contributed by atoms with Gasteiger partial charge in [0.05, 0.1) is 0 Å². The third-order valence-electron chi connectivity index (χ3n) is 4.75. The van der Waals surface area contributed by atoms with Crippen LogP contribution in [0.25, 0.3) is 0 Å². The topological polar surface area (TPSA) is 32.5 Å². The average molecular weight is 271 g/mol. The van der Waals surface area contributed by atoms with Crippen LogP contribution in [-0.2, 0) is 0 Å². The summed E-state index contributed by atoms with van der Waals surface area (Å²) in [7, 11) is 0. The van der Waals surface area contributed by atoms with Gasteiger partial charge in [-0.05, 0) is 38.9 Å². The Kier molecular flexibility index (Phi) is 5.36. The summed E-state index contributed by atoms with van der Waals surface area (Å²) in [6.45, 7) is 11.6. The Morgan fingerprint density at radius 2 is 2.11 bits per heavy atom. The lowest BCUT2D eigenvalue weighted by molar-refractivity contribution is 0.0828. The van der Waals surface area contributed by atoms with Gasteiger partial charge < -0.3 is 10.6 Å². The minimum Gasteiger partial charge on any atom is -0.329 e. The Balaban J connectivity index is 2.04. The maximum atomic E-state index is 6.20. The first-order chi connectivity index (χ1) is 8.70. The van der Waals surface area contributed by atoms with E-state index >= 15 is 0 Å². The van der Waals surface area contributed by atoms with Gasteiger partial charge in [0.15, 0.2) is 0 Å². The van der Waals surface area contributed by atoms with Gasteiger partial charge in [-0.2, -0.15) is 11.8 Å². The van der Waals surface area contributed by atoms with E-state index in [-0.39, 0.29) is 0 Å². The number of hydrogen-bond acceptors (Lipinski definition) is 4. The minimum atomic E-state index is 0.291. The molecule has 0 aromatic heterocycles. The summed E-state index contributed by atoms with van der Waals surface area (Å²) in [5, 5.41) is 0.771.